The van der Waals surface area contributed by atoms with Crippen LogP contribution in [0.1, 0.15) is 51.9 Å². The lowest BCUT2D eigenvalue weighted by atomic mass is 10.0. The molecule has 1 aliphatic carbocycles. The molecule has 6 nitrogen and oxygen atoms in total. The molecule has 2 fully saturated rings. The smallest absolute Gasteiger partial charge is 0.322 e. The topological polar surface area (TPSA) is 86.7 Å². The van der Waals surface area contributed by atoms with E-state index >= 15 is 0 Å². The molecule has 2 aliphatic rings. The predicted octanol–water partition coefficient (Wildman–Crippen LogP) is 1.34. The molecule has 0 aromatic rings. The number of piperidine rings is 1. The SMILES string of the molecule is C[C@H](NS(=O)(=O)N1CCCCC1C(=O)O)C1CCCC1. The number of aliphatic carboxylic acids is 1. The third-order valence-electron chi connectivity index (χ3n) is 4.49. The number of carboxylic acids is 1. The van der Waals surface area contributed by atoms with Gasteiger partial charge < -0.3 is 5.11 Å². The molecule has 116 valence electrons. The van der Waals surface area contributed by atoms with Crippen LogP contribution in [0.5, 0.6) is 0 Å². The minimum absolute atomic E-state index is 0.126. The second kappa shape index (κ2) is 6.41. The molecule has 0 aromatic heterocycles. The molecular formula is C13H24N2O4S. The fourth-order valence-corrected chi connectivity index (χ4v) is 4.99. The van der Waals surface area contributed by atoms with Crippen molar-refractivity contribution in [1.29, 1.82) is 0 Å². The van der Waals surface area contributed by atoms with E-state index in [0.29, 0.717) is 18.9 Å². The Labute approximate surface area is 120 Å². The van der Waals surface area contributed by atoms with Gasteiger partial charge in [0.2, 0.25) is 0 Å². The zero-order valence-corrected chi connectivity index (χ0v) is 12.7. The molecule has 1 aliphatic heterocycles. The first-order chi connectivity index (χ1) is 9.42. The molecule has 1 heterocycles. The summed E-state index contributed by atoms with van der Waals surface area (Å²) in [5.74, 6) is -0.679. The van der Waals surface area contributed by atoms with E-state index in [1.807, 2.05) is 6.92 Å². The molecule has 1 saturated carbocycles. The maximum absolute atomic E-state index is 12.4. The number of hydrogen-bond donors (Lipinski definition) is 2. The van der Waals surface area contributed by atoms with E-state index in [-0.39, 0.29) is 6.04 Å². The minimum Gasteiger partial charge on any atom is -0.480 e. The van der Waals surface area contributed by atoms with Gasteiger partial charge in [-0.05, 0) is 44.9 Å². The molecule has 20 heavy (non-hydrogen) atoms. The molecule has 2 rings (SSSR count). The van der Waals surface area contributed by atoms with Gasteiger partial charge in [-0.2, -0.15) is 17.4 Å². The number of rotatable bonds is 5. The van der Waals surface area contributed by atoms with Gasteiger partial charge in [-0.1, -0.05) is 12.8 Å². The summed E-state index contributed by atoms with van der Waals surface area (Å²) in [5.41, 5.74) is 0. The van der Waals surface area contributed by atoms with Crippen LogP contribution in [0.2, 0.25) is 0 Å². The van der Waals surface area contributed by atoms with Crippen molar-refractivity contribution in [3.8, 4) is 0 Å². The predicted molar refractivity (Wildman–Crippen MR) is 75.5 cm³/mol. The summed E-state index contributed by atoms with van der Waals surface area (Å²) in [6.07, 6.45) is 6.28. The molecule has 0 bridgehead atoms. The van der Waals surface area contributed by atoms with Crippen LogP contribution in [0.25, 0.3) is 0 Å². The maximum atomic E-state index is 12.4. The van der Waals surface area contributed by atoms with Gasteiger partial charge in [0.1, 0.15) is 6.04 Å². The zero-order chi connectivity index (χ0) is 14.8. The molecule has 7 heteroatoms. The van der Waals surface area contributed by atoms with Gasteiger partial charge in [0, 0.05) is 12.6 Å². The highest BCUT2D eigenvalue weighted by molar-refractivity contribution is 7.87. The Hall–Kier alpha value is -0.660. The van der Waals surface area contributed by atoms with Crippen LogP contribution < -0.4 is 4.72 Å². The standard InChI is InChI=1S/C13H24N2O4S/c1-10(11-6-2-3-7-11)14-20(18,19)15-9-5-4-8-12(15)13(16)17/h10-12,14H,2-9H2,1H3,(H,16,17)/t10-,12?/m0/s1. The second-order valence-electron chi connectivity index (χ2n) is 5.92. The van der Waals surface area contributed by atoms with Crippen molar-refractivity contribution in [3.63, 3.8) is 0 Å². The maximum Gasteiger partial charge on any atom is 0.322 e. The Morgan fingerprint density at radius 1 is 1.20 bits per heavy atom. The van der Waals surface area contributed by atoms with Gasteiger partial charge in [0.15, 0.2) is 0 Å². The Morgan fingerprint density at radius 3 is 2.40 bits per heavy atom. The number of carbonyl (C=O) groups is 1. The van der Waals surface area contributed by atoms with Crippen LogP contribution in [0.4, 0.5) is 0 Å². The number of nitrogens with zero attached hydrogens (tertiary/aromatic N) is 1. The summed E-state index contributed by atoms with van der Waals surface area (Å²) >= 11 is 0. The van der Waals surface area contributed by atoms with Gasteiger partial charge in [0.25, 0.3) is 10.2 Å². The van der Waals surface area contributed by atoms with Crippen LogP contribution in [0, 0.1) is 5.92 Å². The quantitative estimate of drug-likeness (QED) is 0.802. The van der Waals surface area contributed by atoms with Crippen LogP contribution >= 0.6 is 0 Å². The normalized spacial score (nSPS) is 27.6. The molecule has 1 unspecified atom stereocenters. The van der Waals surface area contributed by atoms with Crippen molar-refractivity contribution in [2.45, 2.75) is 64.0 Å². The van der Waals surface area contributed by atoms with Crippen molar-refractivity contribution < 1.29 is 18.3 Å². The lowest BCUT2D eigenvalue weighted by Gasteiger charge is -2.33. The molecule has 1 saturated heterocycles. The van der Waals surface area contributed by atoms with E-state index in [1.54, 1.807) is 0 Å². The third kappa shape index (κ3) is 3.51. The van der Waals surface area contributed by atoms with Gasteiger partial charge in [0.05, 0.1) is 0 Å². The van der Waals surface area contributed by atoms with Crippen molar-refractivity contribution >= 4 is 16.2 Å². The van der Waals surface area contributed by atoms with Crippen molar-refractivity contribution in [3.05, 3.63) is 0 Å². The Morgan fingerprint density at radius 2 is 1.80 bits per heavy atom. The third-order valence-corrected chi connectivity index (χ3v) is 6.21. The van der Waals surface area contributed by atoms with Gasteiger partial charge in [-0.25, -0.2) is 0 Å². The highest BCUT2D eigenvalue weighted by Crippen LogP contribution is 2.28. The molecule has 0 aromatic carbocycles. The fourth-order valence-electron chi connectivity index (χ4n) is 3.30. The molecule has 0 radical (unpaired) electrons. The average Bonchev–Trinajstić information content (AvgIpc) is 2.92. The summed E-state index contributed by atoms with van der Waals surface area (Å²) in [5, 5.41) is 9.18. The van der Waals surface area contributed by atoms with Crippen LogP contribution in [0.3, 0.4) is 0 Å². The second-order valence-corrected chi connectivity index (χ2v) is 7.57. The highest BCUT2D eigenvalue weighted by Gasteiger charge is 2.38. The van der Waals surface area contributed by atoms with Gasteiger partial charge >= 0.3 is 5.97 Å². The van der Waals surface area contributed by atoms with Crippen molar-refractivity contribution in [2.24, 2.45) is 5.92 Å². The monoisotopic (exact) mass is 304 g/mol. The molecule has 0 spiro atoms. The Kier molecular flexibility index (Phi) is 5.04. The summed E-state index contributed by atoms with van der Waals surface area (Å²) in [6.45, 7) is 2.18. The zero-order valence-electron chi connectivity index (χ0n) is 11.9. The van der Waals surface area contributed by atoms with Crippen LogP contribution in [-0.4, -0.2) is 42.4 Å². The van der Waals surface area contributed by atoms with E-state index in [0.717, 1.165) is 42.8 Å². The first-order valence-electron chi connectivity index (χ1n) is 7.43. The summed E-state index contributed by atoms with van der Waals surface area (Å²) < 4.78 is 28.7. The van der Waals surface area contributed by atoms with Crippen LogP contribution in [0.15, 0.2) is 0 Å². The van der Waals surface area contributed by atoms with Gasteiger partial charge in [-0.15, -0.1) is 0 Å². The van der Waals surface area contributed by atoms with E-state index in [1.165, 1.54) is 0 Å². The number of nitrogens with one attached hydrogen (secondary N) is 1. The van der Waals surface area contributed by atoms with Gasteiger partial charge in [-0.3, -0.25) is 4.79 Å². The molecule has 0 amide bonds. The molecular weight excluding hydrogens is 280 g/mol. The highest BCUT2D eigenvalue weighted by atomic mass is 32.2. The first kappa shape index (κ1) is 15.7. The van der Waals surface area contributed by atoms with E-state index < -0.39 is 22.2 Å². The van der Waals surface area contributed by atoms with E-state index in [2.05, 4.69) is 4.72 Å². The lowest BCUT2D eigenvalue weighted by Crippen LogP contribution is -2.54. The Balaban J connectivity index is 2.05. The van der Waals surface area contributed by atoms with Crippen molar-refractivity contribution in [2.75, 3.05) is 6.54 Å². The number of carboxylic acid groups (broad SMARTS) is 1. The van der Waals surface area contributed by atoms with E-state index in [4.69, 9.17) is 0 Å². The average molecular weight is 304 g/mol. The summed E-state index contributed by atoms with van der Waals surface area (Å²) in [7, 11) is -3.71. The summed E-state index contributed by atoms with van der Waals surface area (Å²) in [6, 6.07) is -1.05. The minimum atomic E-state index is -3.71. The summed E-state index contributed by atoms with van der Waals surface area (Å²) in [4.78, 5) is 11.2. The molecule has 2 N–H and O–H groups in total. The fraction of sp³-hybridized carbons (Fsp3) is 0.923. The van der Waals surface area contributed by atoms with E-state index in [9.17, 15) is 18.3 Å². The largest absolute Gasteiger partial charge is 0.480 e. The first-order valence-corrected chi connectivity index (χ1v) is 8.88. The van der Waals surface area contributed by atoms with Crippen LogP contribution in [-0.2, 0) is 15.0 Å². The Bertz CT molecular complexity index is 445. The lowest BCUT2D eigenvalue weighted by molar-refractivity contribution is -0.142. The van der Waals surface area contributed by atoms with Crippen molar-refractivity contribution in [1.82, 2.24) is 9.03 Å². The molecule has 2 atom stereocenters. The number of hydrogen-bond acceptors (Lipinski definition) is 3.